The minimum Gasteiger partial charge on any atom is -0.389 e. The highest BCUT2D eigenvalue weighted by Crippen LogP contribution is 2.10. The highest BCUT2D eigenvalue weighted by Gasteiger charge is 2.17. The summed E-state index contributed by atoms with van der Waals surface area (Å²) in [5, 5.41) is 17.5. The summed E-state index contributed by atoms with van der Waals surface area (Å²) in [7, 11) is 0. The third-order valence-electron chi connectivity index (χ3n) is 2.76. The minimum absolute atomic E-state index is 0.603. The zero-order valence-electron chi connectivity index (χ0n) is 11.2. The van der Waals surface area contributed by atoms with Gasteiger partial charge in [-0.15, -0.1) is 0 Å². The summed E-state index contributed by atoms with van der Waals surface area (Å²) < 4.78 is 1.96. The zero-order valence-corrected chi connectivity index (χ0v) is 11.2. The molecule has 0 aliphatic carbocycles. The molecule has 0 saturated heterocycles. The van der Waals surface area contributed by atoms with Gasteiger partial charge < -0.3 is 10.4 Å². The molecule has 0 fully saturated rings. The molecule has 1 aromatic heterocycles. The van der Waals surface area contributed by atoms with Gasteiger partial charge in [-0.3, -0.25) is 4.68 Å². The number of nitrogens with one attached hydrogen (secondary N) is 1. The molecule has 0 saturated carbocycles. The van der Waals surface area contributed by atoms with Crippen molar-refractivity contribution in [2.45, 2.75) is 58.7 Å². The molecule has 0 spiro atoms. The fraction of sp³-hybridized carbons (Fsp3) is 0.769. The Morgan fingerprint density at radius 1 is 1.41 bits per heavy atom. The lowest BCUT2D eigenvalue weighted by Crippen LogP contribution is -2.37. The first-order valence-electron chi connectivity index (χ1n) is 6.52. The molecular formula is C13H25N3O. The summed E-state index contributed by atoms with van der Waals surface area (Å²) in [4.78, 5) is 0. The van der Waals surface area contributed by atoms with E-state index in [1.54, 1.807) is 0 Å². The van der Waals surface area contributed by atoms with Gasteiger partial charge in [0.05, 0.1) is 11.8 Å². The quantitative estimate of drug-likeness (QED) is 0.729. The van der Waals surface area contributed by atoms with Crippen LogP contribution in [0.2, 0.25) is 0 Å². The van der Waals surface area contributed by atoms with Crippen molar-refractivity contribution >= 4 is 0 Å². The van der Waals surface area contributed by atoms with Crippen LogP contribution in [0.3, 0.4) is 0 Å². The van der Waals surface area contributed by atoms with Crippen LogP contribution in [0.1, 0.15) is 45.6 Å². The highest BCUT2D eigenvalue weighted by molar-refractivity contribution is 5.03. The maximum Gasteiger partial charge on any atom is 0.0743 e. The van der Waals surface area contributed by atoms with Crippen LogP contribution in [0, 0.1) is 0 Å². The third kappa shape index (κ3) is 5.33. The zero-order chi connectivity index (χ0) is 12.7. The van der Waals surface area contributed by atoms with Crippen LogP contribution in [-0.4, -0.2) is 27.0 Å². The van der Waals surface area contributed by atoms with Crippen molar-refractivity contribution in [3.05, 3.63) is 18.0 Å². The first kappa shape index (κ1) is 14.2. The minimum atomic E-state index is -0.603. The van der Waals surface area contributed by atoms with E-state index in [1.165, 1.54) is 5.56 Å². The molecule has 1 heterocycles. The second-order valence-corrected chi connectivity index (χ2v) is 4.96. The molecule has 1 aromatic rings. The molecule has 0 radical (unpaired) electrons. The van der Waals surface area contributed by atoms with Gasteiger partial charge in [-0.2, -0.15) is 5.10 Å². The number of rotatable bonds is 8. The highest BCUT2D eigenvalue weighted by atomic mass is 16.3. The van der Waals surface area contributed by atoms with Crippen molar-refractivity contribution in [3.8, 4) is 0 Å². The van der Waals surface area contributed by atoms with Crippen LogP contribution in [0.15, 0.2) is 12.4 Å². The number of hydrogen-bond donors (Lipinski definition) is 2. The van der Waals surface area contributed by atoms with Crippen LogP contribution in [0.25, 0.3) is 0 Å². The molecule has 1 atom stereocenters. The Kier molecular flexibility index (Phi) is 5.65. The van der Waals surface area contributed by atoms with Crippen LogP contribution >= 0.6 is 0 Å². The summed E-state index contributed by atoms with van der Waals surface area (Å²) in [6.45, 7) is 8.46. The SMILES string of the molecule is CCCn1cc(CNCC(C)(O)CCC)cn1. The van der Waals surface area contributed by atoms with Gasteiger partial charge in [-0.05, 0) is 19.8 Å². The van der Waals surface area contributed by atoms with E-state index >= 15 is 0 Å². The fourth-order valence-electron chi connectivity index (χ4n) is 1.95. The first-order chi connectivity index (χ1) is 8.07. The van der Waals surface area contributed by atoms with Gasteiger partial charge in [0.2, 0.25) is 0 Å². The van der Waals surface area contributed by atoms with Crippen molar-refractivity contribution in [3.63, 3.8) is 0 Å². The maximum atomic E-state index is 10.00. The van der Waals surface area contributed by atoms with Gasteiger partial charge in [-0.25, -0.2) is 0 Å². The standard InChI is InChI=1S/C13H25N3O/c1-4-6-13(3,17)11-14-8-12-9-15-16(10-12)7-5-2/h9-10,14,17H,4-8,11H2,1-3H3. The monoisotopic (exact) mass is 239 g/mol. The van der Waals surface area contributed by atoms with E-state index in [-0.39, 0.29) is 0 Å². The largest absolute Gasteiger partial charge is 0.389 e. The van der Waals surface area contributed by atoms with E-state index in [2.05, 4.69) is 30.5 Å². The molecule has 17 heavy (non-hydrogen) atoms. The van der Waals surface area contributed by atoms with Crippen LogP contribution in [-0.2, 0) is 13.1 Å². The number of aryl methyl sites for hydroxylation is 1. The summed E-state index contributed by atoms with van der Waals surface area (Å²) in [6.07, 6.45) is 6.88. The van der Waals surface area contributed by atoms with Crippen molar-refractivity contribution < 1.29 is 5.11 Å². The topological polar surface area (TPSA) is 50.1 Å². The molecule has 0 aliphatic rings. The molecule has 0 amide bonds. The average molecular weight is 239 g/mol. The van der Waals surface area contributed by atoms with Crippen LogP contribution in [0.4, 0.5) is 0 Å². The number of aromatic nitrogens is 2. The lowest BCUT2D eigenvalue weighted by atomic mass is 10.0. The predicted molar refractivity (Wildman–Crippen MR) is 69.8 cm³/mol. The Morgan fingerprint density at radius 3 is 2.82 bits per heavy atom. The van der Waals surface area contributed by atoms with Crippen LogP contribution in [0.5, 0.6) is 0 Å². The van der Waals surface area contributed by atoms with Gasteiger partial charge in [0.25, 0.3) is 0 Å². The molecule has 98 valence electrons. The normalized spacial score (nSPS) is 14.8. The number of nitrogens with zero attached hydrogens (tertiary/aromatic N) is 2. The van der Waals surface area contributed by atoms with E-state index in [9.17, 15) is 5.11 Å². The Morgan fingerprint density at radius 2 is 2.18 bits per heavy atom. The molecule has 1 rings (SSSR count). The summed E-state index contributed by atoms with van der Waals surface area (Å²) >= 11 is 0. The van der Waals surface area contributed by atoms with Gasteiger partial charge >= 0.3 is 0 Å². The van der Waals surface area contributed by atoms with Crippen molar-refractivity contribution in [1.29, 1.82) is 0 Å². The molecule has 0 aliphatic heterocycles. The predicted octanol–water partition coefficient (Wildman–Crippen LogP) is 1.93. The molecule has 1 unspecified atom stereocenters. The van der Waals surface area contributed by atoms with Crippen molar-refractivity contribution in [2.75, 3.05) is 6.54 Å². The first-order valence-corrected chi connectivity index (χ1v) is 6.52. The summed E-state index contributed by atoms with van der Waals surface area (Å²) in [6, 6.07) is 0. The van der Waals surface area contributed by atoms with Gasteiger partial charge in [-0.1, -0.05) is 20.3 Å². The number of aliphatic hydroxyl groups is 1. The van der Waals surface area contributed by atoms with Crippen molar-refractivity contribution in [2.24, 2.45) is 0 Å². The smallest absolute Gasteiger partial charge is 0.0743 e. The third-order valence-corrected chi connectivity index (χ3v) is 2.76. The molecule has 4 heteroatoms. The van der Waals surface area contributed by atoms with Crippen molar-refractivity contribution in [1.82, 2.24) is 15.1 Å². The summed E-state index contributed by atoms with van der Waals surface area (Å²) in [5.41, 5.74) is 0.569. The summed E-state index contributed by atoms with van der Waals surface area (Å²) in [5.74, 6) is 0. The van der Waals surface area contributed by atoms with Gasteiger partial charge in [0.15, 0.2) is 0 Å². The molecule has 4 nitrogen and oxygen atoms in total. The second kappa shape index (κ2) is 6.77. The van der Waals surface area contributed by atoms with Gasteiger partial charge in [0.1, 0.15) is 0 Å². The van der Waals surface area contributed by atoms with Crippen LogP contribution < -0.4 is 5.32 Å². The molecule has 0 bridgehead atoms. The van der Waals surface area contributed by atoms with E-state index in [0.717, 1.165) is 32.4 Å². The average Bonchev–Trinajstić information content (AvgIpc) is 2.66. The molecule has 0 aromatic carbocycles. The van der Waals surface area contributed by atoms with E-state index < -0.39 is 5.60 Å². The van der Waals surface area contributed by atoms with E-state index in [0.29, 0.717) is 6.54 Å². The Hall–Kier alpha value is -0.870. The lowest BCUT2D eigenvalue weighted by Gasteiger charge is -2.22. The number of hydrogen-bond acceptors (Lipinski definition) is 3. The Bertz CT molecular complexity index is 320. The Balaban J connectivity index is 2.30. The molecule has 2 N–H and O–H groups in total. The second-order valence-electron chi connectivity index (χ2n) is 4.96. The molecular weight excluding hydrogens is 214 g/mol. The van der Waals surface area contributed by atoms with Gasteiger partial charge in [0, 0.05) is 31.4 Å². The Labute approximate surface area is 104 Å². The van der Waals surface area contributed by atoms with E-state index in [4.69, 9.17) is 0 Å². The van der Waals surface area contributed by atoms with E-state index in [1.807, 2.05) is 17.8 Å². The maximum absolute atomic E-state index is 10.00. The lowest BCUT2D eigenvalue weighted by molar-refractivity contribution is 0.0498. The fourth-order valence-corrected chi connectivity index (χ4v) is 1.95.